The molecule has 19 heavy (non-hydrogen) atoms. The van der Waals surface area contributed by atoms with Gasteiger partial charge in [0.15, 0.2) is 0 Å². The summed E-state index contributed by atoms with van der Waals surface area (Å²) in [4.78, 5) is 14.4. The number of amides is 1. The largest absolute Gasteiger partial charge is 0.377 e. The molecule has 110 valence electrons. The first kappa shape index (κ1) is 14.8. The van der Waals surface area contributed by atoms with Crippen molar-refractivity contribution in [3.63, 3.8) is 0 Å². The Morgan fingerprint density at radius 1 is 1.53 bits per heavy atom. The van der Waals surface area contributed by atoms with Gasteiger partial charge in [-0.25, -0.2) is 0 Å². The monoisotopic (exact) mass is 269 g/mol. The molecule has 2 unspecified atom stereocenters. The quantitative estimate of drug-likeness (QED) is 0.730. The van der Waals surface area contributed by atoms with Gasteiger partial charge >= 0.3 is 0 Å². The molecule has 0 radical (unpaired) electrons. The Kier molecular flexibility index (Phi) is 4.81. The van der Waals surface area contributed by atoms with E-state index >= 15 is 0 Å². The molecule has 1 aliphatic carbocycles. The van der Waals surface area contributed by atoms with E-state index in [4.69, 9.17) is 10.5 Å². The van der Waals surface area contributed by atoms with Gasteiger partial charge in [0.25, 0.3) is 0 Å². The molecule has 3 N–H and O–H groups in total. The van der Waals surface area contributed by atoms with E-state index in [1.54, 1.807) is 0 Å². The fourth-order valence-electron chi connectivity index (χ4n) is 3.16. The van der Waals surface area contributed by atoms with Gasteiger partial charge in [-0.2, -0.15) is 0 Å². The minimum Gasteiger partial charge on any atom is -0.377 e. The average Bonchev–Trinajstić information content (AvgIpc) is 3.16. The van der Waals surface area contributed by atoms with Crippen molar-refractivity contribution in [1.29, 1.82) is 0 Å². The standard InChI is InChI=1S/C14H27N3O2/c1-3-16-14(13(15)18,12-5-6-12)10-17-7-4-8-19-11(2)9-17/h11-12,16H,3-10H2,1-2H3,(H2,15,18). The third-order valence-corrected chi connectivity index (χ3v) is 4.22. The molecule has 2 aliphatic rings. The number of ether oxygens (including phenoxy) is 1. The number of likely N-dealkylation sites (N-methyl/N-ethyl adjacent to an activating group) is 1. The van der Waals surface area contributed by atoms with Gasteiger partial charge in [0.2, 0.25) is 5.91 Å². The summed E-state index contributed by atoms with van der Waals surface area (Å²) < 4.78 is 5.67. The number of rotatable bonds is 6. The highest BCUT2D eigenvalue weighted by molar-refractivity contribution is 5.86. The van der Waals surface area contributed by atoms with E-state index in [1.165, 1.54) is 0 Å². The predicted molar refractivity (Wildman–Crippen MR) is 74.8 cm³/mol. The zero-order chi connectivity index (χ0) is 13.9. The minimum absolute atomic E-state index is 0.199. The lowest BCUT2D eigenvalue weighted by molar-refractivity contribution is -0.126. The van der Waals surface area contributed by atoms with Crippen molar-refractivity contribution in [2.45, 2.75) is 44.8 Å². The van der Waals surface area contributed by atoms with Crippen molar-refractivity contribution in [2.75, 3.05) is 32.8 Å². The normalized spacial score (nSPS) is 28.6. The molecule has 0 aromatic heterocycles. The number of carbonyl (C=O) groups excluding carboxylic acids is 1. The highest BCUT2D eigenvalue weighted by Gasteiger charge is 2.50. The molecular weight excluding hydrogens is 242 g/mol. The summed E-state index contributed by atoms with van der Waals surface area (Å²) in [5, 5.41) is 3.38. The van der Waals surface area contributed by atoms with Crippen LogP contribution in [0.1, 0.15) is 33.1 Å². The van der Waals surface area contributed by atoms with Crippen LogP contribution in [-0.4, -0.2) is 55.2 Å². The molecule has 0 bridgehead atoms. The molecule has 5 heteroatoms. The number of nitrogens with one attached hydrogen (secondary N) is 1. The Bertz CT molecular complexity index is 320. The van der Waals surface area contributed by atoms with E-state index in [9.17, 15) is 4.79 Å². The first-order valence-electron chi connectivity index (χ1n) is 7.47. The highest BCUT2D eigenvalue weighted by Crippen LogP contribution is 2.40. The molecule has 1 saturated heterocycles. The number of nitrogens with two attached hydrogens (primary N) is 1. The second-order valence-corrected chi connectivity index (χ2v) is 5.91. The second-order valence-electron chi connectivity index (χ2n) is 5.91. The summed E-state index contributed by atoms with van der Waals surface area (Å²) in [6, 6.07) is 0. The molecule has 2 fully saturated rings. The van der Waals surface area contributed by atoms with Crippen LogP contribution in [0.2, 0.25) is 0 Å². The molecule has 0 aromatic carbocycles. The summed E-state index contributed by atoms with van der Waals surface area (Å²) >= 11 is 0. The zero-order valence-electron chi connectivity index (χ0n) is 12.2. The van der Waals surface area contributed by atoms with Gasteiger partial charge in [0.1, 0.15) is 5.54 Å². The maximum atomic E-state index is 12.0. The Morgan fingerprint density at radius 2 is 2.26 bits per heavy atom. The van der Waals surface area contributed by atoms with Gasteiger partial charge in [-0.05, 0) is 38.6 Å². The number of carbonyl (C=O) groups is 1. The van der Waals surface area contributed by atoms with Crippen LogP contribution in [0.15, 0.2) is 0 Å². The summed E-state index contributed by atoms with van der Waals surface area (Å²) in [5.41, 5.74) is 5.19. The molecule has 2 atom stereocenters. The molecule has 0 aromatic rings. The van der Waals surface area contributed by atoms with Gasteiger partial charge in [0.05, 0.1) is 6.10 Å². The van der Waals surface area contributed by atoms with Crippen LogP contribution in [0, 0.1) is 5.92 Å². The van der Waals surface area contributed by atoms with Crippen LogP contribution in [0.3, 0.4) is 0 Å². The van der Waals surface area contributed by atoms with Crippen molar-refractivity contribution in [1.82, 2.24) is 10.2 Å². The van der Waals surface area contributed by atoms with E-state index in [1.807, 2.05) is 6.92 Å². The number of nitrogens with zero attached hydrogens (tertiary/aromatic N) is 1. The van der Waals surface area contributed by atoms with Crippen LogP contribution in [0.4, 0.5) is 0 Å². The summed E-state index contributed by atoms with van der Waals surface area (Å²) in [6.07, 6.45) is 3.47. The van der Waals surface area contributed by atoms with Crippen molar-refractivity contribution >= 4 is 5.91 Å². The predicted octanol–water partition coefficient (Wildman–Crippen LogP) is 0.341. The van der Waals surface area contributed by atoms with Crippen LogP contribution in [0.25, 0.3) is 0 Å². The Morgan fingerprint density at radius 3 is 2.84 bits per heavy atom. The fourth-order valence-corrected chi connectivity index (χ4v) is 3.16. The lowest BCUT2D eigenvalue weighted by Gasteiger charge is -2.37. The van der Waals surface area contributed by atoms with Crippen LogP contribution in [0.5, 0.6) is 0 Å². The fraction of sp³-hybridized carbons (Fsp3) is 0.929. The second kappa shape index (κ2) is 6.20. The van der Waals surface area contributed by atoms with Crippen LogP contribution < -0.4 is 11.1 Å². The van der Waals surface area contributed by atoms with E-state index < -0.39 is 5.54 Å². The maximum Gasteiger partial charge on any atom is 0.239 e. The zero-order valence-corrected chi connectivity index (χ0v) is 12.2. The molecule has 1 amide bonds. The summed E-state index contributed by atoms with van der Waals surface area (Å²) in [7, 11) is 0. The van der Waals surface area contributed by atoms with Crippen molar-refractivity contribution in [3.8, 4) is 0 Å². The molecule has 1 aliphatic heterocycles. The van der Waals surface area contributed by atoms with Crippen molar-refractivity contribution in [3.05, 3.63) is 0 Å². The molecule has 1 saturated carbocycles. The SMILES string of the molecule is CCNC(CN1CCCOC(C)C1)(C(N)=O)C1CC1. The summed E-state index contributed by atoms with van der Waals surface area (Å²) in [5.74, 6) is 0.207. The highest BCUT2D eigenvalue weighted by atomic mass is 16.5. The van der Waals surface area contributed by atoms with Gasteiger partial charge in [0, 0.05) is 26.2 Å². The number of hydrogen-bond acceptors (Lipinski definition) is 4. The van der Waals surface area contributed by atoms with E-state index in [0.717, 1.165) is 45.5 Å². The molecule has 1 heterocycles. The van der Waals surface area contributed by atoms with Crippen molar-refractivity contribution < 1.29 is 9.53 Å². The Balaban J connectivity index is 2.07. The van der Waals surface area contributed by atoms with Gasteiger partial charge in [-0.1, -0.05) is 6.92 Å². The van der Waals surface area contributed by atoms with Gasteiger partial charge < -0.3 is 15.8 Å². The van der Waals surface area contributed by atoms with Gasteiger partial charge in [-0.3, -0.25) is 9.69 Å². The van der Waals surface area contributed by atoms with E-state index in [2.05, 4.69) is 17.1 Å². The van der Waals surface area contributed by atoms with Gasteiger partial charge in [-0.15, -0.1) is 0 Å². The molecular formula is C14H27N3O2. The van der Waals surface area contributed by atoms with E-state index in [0.29, 0.717) is 12.5 Å². The number of hydrogen-bond donors (Lipinski definition) is 2. The Hall–Kier alpha value is -0.650. The smallest absolute Gasteiger partial charge is 0.239 e. The van der Waals surface area contributed by atoms with Crippen LogP contribution in [-0.2, 0) is 9.53 Å². The lowest BCUT2D eigenvalue weighted by atomic mass is 9.91. The summed E-state index contributed by atoms with van der Waals surface area (Å²) in [6.45, 7) is 8.30. The Labute approximate surface area is 115 Å². The molecule has 5 nitrogen and oxygen atoms in total. The first-order chi connectivity index (χ1) is 9.08. The first-order valence-corrected chi connectivity index (χ1v) is 7.47. The third-order valence-electron chi connectivity index (χ3n) is 4.22. The minimum atomic E-state index is -0.543. The topological polar surface area (TPSA) is 67.6 Å². The average molecular weight is 269 g/mol. The molecule has 0 spiro atoms. The lowest BCUT2D eigenvalue weighted by Crippen LogP contribution is -2.63. The third kappa shape index (κ3) is 3.46. The molecule has 2 rings (SSSR count). The maximum absolute atomic E-state index is 12.0. The number of primary amides is 1. The van der Waals surface area contributed by atoms with Crippen LogP contribution >= 0.6 is 0 Å². The van der Waals surface area contributed by atoms with E-state index in [-0.39, 0.29) is 12.0 Å². The van der Waals surface area contributed by atoms with Crippen molar-refractivity contribution in [2.24, 2.45) is 11.7 Å².